The van der Waals surface area contributed by atoms with Crippen LogP contribution in [0.1, 0.15) is 65.7 Å². The van der Waals surface area contributed by atoms with Crippen molar-refractivity contribution in [2.24, 2.45) is 16.2 Å². The molecule has 0 unspecified atom stereocenters. The van der Waals surface area contributed by atoms with E-state index in [0.717, 1.165) is 5.41 Å². The van der Waals surface area contributed by atoms with E-state index in [1.165, 1.54) is 64.6 Å². The van der Waals surface area contributed by atoms with Gasteiger partial charge in [0.2, 0.25) is 0 Å². The van der Waals surface area contributed by atoms with Crippen molar-refractivity contribution in [3.05, 3.63) is 0 Å². The highest BCUT2D eigenvalue weighted by molar-refractivity contribution is 5.01. The molecule has 3 aliphatic rings. The summed E-state index contributed by atoms with van der Waals surface area (Å²) < 4.78 is 0. The molecule has 3 fully saturated rings. The Balaban J connectivity index is 1.50. The van der Waals surface area contributed by atoms with Crippen molar-refractivity contribution in [2.45, 2.75) is 65.7 Å². The predicted octanol–water partition coefficient (Wildman–Crippen LogP) is 4.08. The number of rotatable bonds is 3. The maximum absolute atomic E-state index is 2.78. The molecular weight excluding hydrogens is 206 g/mol. The maximum atomic E-state index is 2.78. The largest absolute Gasteiger partial charge is 0.303 e. The molecule has 0 atom stereocenters. The van der Waals surface area contributed by atoms with Gasteiger partial charge in [-0.1, -0.05) is 20.8 Å². The van der Waals surface area contributed by atoms with E-state index in [0.29, 0.717) is 10.8 Å². The van der Waals surface area contributed by atoms with E-state index in [2.05, 4.69) is 25.7 Å². The molecule has 0 aromatic heterocycles. The van der Waals surface area contributed by atoms with Gasteiger partial charge in [-0.3, -0.25) is 0 Å². The van der Waals surface area contributed by atoms with Gasteiger partial charge in [0.25, 0.3) is 0 Å². The maximum Gasteiger partial charge on any atom is 0.00382 e. The number of piperidine rings is 1. The summed E-state index contributed by atoms with van der Waals surface area (Å²) >= 11 is 0. The first kappa shape index (κ1) is 12.0. The Morgan fingerprint density at radius 2 is 1.47 bits per heavy atom. The lowest BCUT2D eigenvalue weighted by Crippen LogP contribution is -2.39. The molecule has 1 saturated heterocycles. The first-order valence-corrected chi connectivity index (χ1v) is 7.63. The molecule has 0 aromatic carbocycles. The summed E-state index contributed by atoms with van der Waals surface area (Å²) in [5.74, 6) is 0. The molecule has 1 heteroatoms. The molecule has 0 radical (unpaired) electrons. The molecule has 1 heterocycles. The first-order valence-electron chi connectivity index (χ1n) is 7.63. The molecule has 2 saturated carbocycles. The van der Waals surface area contributed by atoms with E-state index >= 15 is 0 Å². The zero-order chi connectivity index (χ0) is 12.1. The molecule has 0 bridgehead atoms. The van der Waals surface area contributed by atoms with Gasteiger partial charge in [0.05, 0.1) is 0 Å². The summed E-state index contributed by atoms with van der Waals surface area (Å²) in [6, 6.07) is 0. The number of nitrogens with zero attached hydrogens (tertiary/aromatic N) is 1. The lowest BCUT2D eigenvalue weighted by Gasteiger charge is -2.36. The van der Waals surface area contributed by atoms with E-state index in [9.17, 15) is 0 Å². The summed E-state index contributed by atoms with van der Waals surface area (Å²) in [6.45, 7) is 11.4. The van der Waals surface area contributed by atoms with Crippen molar-refractivity contribution in [2.75, 3.05) is 19.6 Å². The smallest absolute Gasteiger partial charge is 0.00382 e. The van der Waals surface area contributed by atoms with Gasteiger partial charge in [-0.25, -0.2) is 0 Å². The number of hydrogen-bond donors (Lipinski definition) is 0. The minimum absolute atomic E-state index is 0.518. The summed E-state index contributed by atoms with van der Waals surface area (Å²) in [7, 11) is 0. The fourth-order valence-electron chi connectivity index (χ4n) is 4.03. The average molecular weight is 235 g/mol. The van der Waals surface area contributed by atoms with Gasteiger partial charge in [0.1, 0.15) is 0 Å². The topological polar surface area (TPSA) is 3.24 Å². The average Bonchev–Trinajstić information content (AvgIpc) is 3.09. The van der Waals surface area contributed by atoms with Crippen molar-refractivity contribution in [1.82, 2.24) is 4.90 Å². The van der Waals surface area contributed by atoms with E-state index in [1.54, 1.807) is 0 Å². The van der Waals surface area contributed by atoms with Gasteiger partial charge < -0.3 is 4.90 Å². The second kappa shape index (κ2) is 3.73. The van der Waals surface area contributed by atoms with Crippen LogP contribution in [0.2, 0.25) is 0 Å². The Kier molecular flexibility index (Phi) is 2.63. The van der Waals surface area contributed by atoms with Crippen LogP contribution >= 0.6 is 0 Å². The normalized spacial score (nSPS) is 30.5. The third kappa shape index (κ3) is 2.86. The van der Waals surface area contributed by atoms with E-state index in [-0.39, 0.29) is 0 Å². The van der Waals surface area contributed by atoms with Crippen LogP contribution in [0, 0.1) is 16.2 Å². The molecular formula is C16H29N. The third-order valence-corrected chi connectivity index (χ3v) is 5.30. The third-order valence-electron chi connectivity index (χ3n) is 5.30. The van der Waals surface area contributed by atoms with Crippen molar-refractivity contribution in [1.29, 1.82) is 0 Å². The van der Waals surface area contributed by atoms with Gasteiger partial charge in [0, 0.05) is 6.54 Å². The van der Waals surface area contributed by atoms with Crippen molar-refractivity contribution in [3.8, 4) is 0 Å². The van der Waals surface area contributed by atoms with Crippen LogP contribution in [0.15, 0.2) is 0 Å². The minimum Gasteiger partial charge on any atom is -0.303 e. The van der Waals surface area contributed by atoms with E-state index in [4.69, 9.17) is 0 Å². The second-order valence-corrected chi connectivity index (χ2v) is 8.51. The van der Waals surface area contributed by atoms with Crippen LogP contribution in [-0.4, -0.2) is 24.5 Å². The van der Waals surface area contributed by atoms with Crippen LogP contribution in [0.25, 0.3) is 0 Å². The standard InChI is InChI=1S/C16H29N/c1-14(2,3)12-16(6-7-16)13-17-10-8-15(4-5-15)9-11-17/h4-13H2,1-3H3. The Morgan fingerprint density at radius 1 is 0.882 bits per heavy atom. The van der Waals surface area contributed by atoms with E-state index < -0.39 is 0 Å². The van der Waals surface area contributed by atoms with E-state index in [1.807, 2.05) is 0 Å². The molecule has 17 heavy (non-hydrogen) atoms. The SMILES string of the molecule is CC(C)(C)CC1(CN2CCC3(CC2)CC3)CC1. The van der Waals surface area contributed by atoms with Gasteiger partial charge in [-0.15, -0.1) is 0 Å². The fraction of sp³-hybridized carbons (Fsp3) is 1.00. The van der Waals surface area contributed by atoms with Gasteiger partial charge >= 0.3 is 0 Å². The lowest BCUT2D eigenvalue weighted by atomic mass is 9.82. The lowest BCUT2D eigenvalue weighted by molar-refractivity contribution is 0.125. The zero-order valence-corrected chi connectivity index (χ0v) is 12.0. The molecule has 1 aliphatic heterocycles. The van der Waals surface area contributed by atoms with Crippen LogP contribution in [0.5, 0.6) is 0 Å². The Morgan fingerprint density at radius 3 is 1.88 bits per heavy atom. The fourth-order valence-corrected chi connectivity index (χ4v) is 4.03. The Hall–Kier alpha value is -0.0400. The monoisotopic (exact) mass is 235 g/mol. The minimum atomic E-state index is 0.518. The van der Waals surface area contributed by atoms with Gasteiger partial charge in [-0.05, 0) is 74.3 Å². The molecule has 0 aromatic rings. The highest BCUT2D eigenvalue weighted by atomic mass is 15.1. The van der Waals surface area contributed by atoms with Crippen LogP contribution in [0.4, 0.5) is 0 Å². The summed E-state index contributed by atoms with van der Waals surface area (Å²) in [6.07, 6.45) is 10.5. The van der Waals surface area contributed by atoms with Gasteiger partial charge in [0.15, 0.2) is 0 Å². The summed E-state index contributed by atoms with van der Waals surface area (Å²) in [4.78, 5) is 2.78. The molecule has 1 spiro atoms. The quantitative estimate of drug-likeness (QED) is 0.712. The molecule has 3 rings (SSSR count). The van der Waals surface area contributed by atoms with Crippen LogP contribution in [-0.2, 0) is 0 Å². The predicted molar refractivity (Wildman–Crippen MR) is 73.1 cm³/mol. The van der Waals surface area contributed by atoms with Gasteiger partial charge in [-0.2, -0.15) is 0 Å². The first-order chi connectivity index (χ1) is 7.91. The van der Waals surface area contributed by atoms with Crippen LogP contribution in [0.3, 0.4) is 0 Å². The molecule has 1 nitrogen and oxygen atoms in total. The van der Waals surface area contributed by atoms with Crippen molar-refractivity contribution >= 4 is 0 Å². The van der Waals surface area contributed by atoms with Crippen molar-refractivity contribution in [3.63, 3.8) is 0 Å². The molecule has 0 amide bonds. The zero-order valence-electron chi connectivity index (χ0n) is 12.0. The second-order valence-electron chi connectivity index (χ2n) is 8.51. The number of likely N-dealkylation sites (tertiary alicyclic amines) is 1. The molecule has 2 aliphatic carbocycles. The summed E-state index contributed by atoms with van der Waals surface area (Å²) in [5.41, 5.74) is 2.08. The van der Waals surface area contributed by atoms with Crippen LogP contribution < -0.4 is 0 Å². The summed E-state index contributed by atoms with van der Waals surface area (Å²) in [5, 5.41) is 0. The Bertz CT molecular complexity index is 281. The Labute approximate surface area is 107 Å². The highest BCUT2D eigenvalue weighted by Gasteiger charge is 2.49. The van der Waals surface area contributed by atoms with Crippen molar-refractivity contribution < 1.29 is 0 Å². The highest BCUT2D eigenvalue weighted by Crippen LogP contribution is 2.56. The molecule has 0 N–H and O–H groups in total. The molecule has 98 valence electrons. The number of hydrogen-bond acceptors (Lipinski definition) is 1.